The van der Waals surface area contributed by atoms with Crippen LogP contribution in [0.2, 0.25) is 0 Å². The highest BCUT2D eigenvalue weighted by Crippen LogP contribution is 2.25. The third-order valence-corrected chi connectivity index (χ3v) is 2.94. The minimum absolute atomic E-state index is 0.0693. The predicted molar refractivity (Wildman–Crippen MR) is 52.7 cm³/mol. The Hall–Kier alpha value is -0.830. The number of nitrogen functional groups attached to an aromatic ring is 1. The number of nitrogens with two attached hydrogens (primary N) is 1. The van der Waals surface area contributed by atoms with E-state index in [0.717, 1.165) is 12.8 Å². The number of aryl methyl sites for hydroxylation is 1. The Labute approximate surface area is 76.4 Å². The van der Waals surface area contributed by atoms with E-state index in [9.17, 15) is 4.79 Å². The number of hydrogen-bond donors (Lipinski definition) is 1. The van der Waals surface area contributed by atoms with Crippen LogP contribution in [0.3, 0.4) is 0 Å². The van der Waals surface area contributed by atoms with E-state index < -0.39 is 0 Å². The highest BCUT2D eigenvalue weighted by molar-refractivity contribution is 7.14. The van der Waals surface area contributed by atoms with Gasteiger partial charge in [0, 0.05) is 11.8 Å². The third kappa shape index (κ3) is 1.85. The molecule has 0 unspecified atom stereocenters. The third-order valence-electron chi connectivity index (χ3n) is 1.63. The minimum Gasteiger partial charge on any atom is -0.397 e. The zero-order valence-electron chi connectivity index (χ0n) is 7.39. The van der Waals surface area contributed by atoms with Crippen LogP contribution in [0.1, 0.15) is 34.8 Å². The fourth-order valence-electron chi connectivity index (χ4n) is 1.10. The van der Waals surface area contributed by atoms with Crippen molar-refractivity contribution >= 4 is 22.8 Å². The highest BCUT2D eigenvalue weighted by Gasteiger charge is 2.09. The molecule has 0 spiro atoms. The number of hydrogen-bond acceptors (Lipinski definition) is 3. The van der Waals surface area contributed by atoms with Crippen molar-refractivity contribution in [3.05, 3.63) is 15.8 Å². The van der Waals surface area contributed by atoms with Gasteiger partial charge in [-0.1, -0.05) is 13.3 Å². The SMILES string of the molecule is CCCc1cc(N)c(C(C)=O)s1. The second kappa shape index (κ2) is 3.72. The first kappa shape index (κ1) is 9.26. The van der Waals surface area contributed by atoms with Crippen LogP contribution in [0.25, 0.3) is 0 Å². The van der Waals surface area contributed by atoms with Gasteiger partial charge >= 0.3 is 0 Å². The zero-order chi connectivity index (χ0) is 9.14. The first-order valence-electron chi connectivity index (χ1n) is 4.04. The van der Waals surface area contributed by atoms with Gasteiger partial charge in [0.1, 0.15) is 0 Å². The van der Waals surface area contributed by atoms with E-state index in [2.05, 4.69) is 6.92 Å². The van der Waals surface area contributed by atoms with Gasteiger partial charge in [0.05, 0.1) is 10.6 Å². The lowest BCUT2D eigenvalue weighted by atomic mass is 10.2. The van der Waals surface area contributed by atoms with Crippen molar-refractivity contribution in [2.45, 2.75) is 26.7 Å². The Morgan fingerprint density at radius 2 is 2.33 bits per heavy atom. The summed E-state index contributed by atoms with van der Waals surface area (Å²) < 4.78 is 0. The summed E-state index contributed by atoms with van der Waals surface area (Å²) in [7, 11) is 0. The molecule has 1 aromatic rings. The number of ketones is 1. The first-order valence-corrected chi connectivity index (χ1v) is 4.86. The molecule has 1 aromatic heterocycles. The maximum Gasteiger partial charge on any atom is 0.171 e. The van der Waals surface area contributed by atoms with E-state index in [0.29, 0.717) is 10.6 Å². The van der Waals surface area contributed by atoms with Crippen LogP contribution in [-0.4, -0.2) is 5.78 Å². The van der Waals surface area contributed by atoms with Gasteiger partial charge in [-0.3, -0.25) is 4.79 Å². The zero-order valence-corrected chi connectivity index (χ0v) is 8.20. The Morgan fingerprint density at radius 1 is 1.67 bits per heavy atom. The molecule has 2 N–H and O–H groups in total. The summed E-state index contributed by atoms with van der Waals surface area (Å²) in [6.07, 6.45) is 2.11. The molecule has 0 fully saturated rings. The molecule has 12 heavy (non-hydrogen) atoms. The molecule has 0 aromatic carbocycles. The van der Waals surface area contributed by atoms with Crippen LogP contribution in [-0.2, 0) is 6.42 Å². The molecule has 66 valence electrons. The van der Waals surface area contributed by atoms with E-state index in [4.69, 9.17) is 5.73 Å². The average Bonchev–Trinajstić information content (AvgIpc) is 2.32. The summed E-state index contributed by atoms with van der Waals surface area (Å²) in [6, 6.07) is 1.91. The quantitative estimate of drug-likeness (QED) is 0.731. The van der Waals surface area contributed by atoms with E-state index in [1.807, 2.05) is 6.07 Å². The van der Waals surface area contributed by atoms with Crippen LogP contribution in [0.5, 0.6) is 0 Å². The molecular weight excluding hydrogens is 170 g/mol. The Morgan fingerprint density at radius 3 is 2.75 bits per heavy atom. The van der Waals surface area contributed by atoms with Crippen LogP contribution in [0.15, 0.2) is 6.07 Å². The van der Waals surface area contributed by atoms with Crippen molar-refractivity contribution in [3.63, 3.8) is 0 Å². The van der Waals surface area contributed by atoms with Crippen molar-refractivity contribution in [3.8, 4) is 0 Å². The monoisotopic (exact) mass is 183 g/mol. The van der Waals surface area contributed by atoms with Crippen LogP contribution >= 0.6 is 11.3 Å². The molecule has 1 heterocycles. The van der Waals surface area contributed by atoms with Crippen LogP contribution < -0.4 is 5.73 Å². The standard InChI is InChI=1S/C9H13NOS/c1-3-4-7-5-8(10)9(12-7)6(2)11/h5H,3-4,10H2,1-2H3. The topological polar surface area (TPSA) is 43.1 Å². The second-order valence-electron chi connectivity index (χ2n) is 2.80. The van der Waals surface area contributed by atoms with Gasteiger partial charge in [-0.2, -0.15) is 0 Å². The fourth-order valence-corrected chi connectivity index (χ4v) is 2.18. The Kier molecular flexibility index (Phi) is 2.87. The normalized spacial score (nSPS) is 10.2. The maximum atomic E-state index is 11.0. The maximum absolute atomic E-state index is 11.0. The van der Waals surface area contributed by atoms with Gasteiger partial charge in [0.2, 0.25) is 0 Å². The lowest BCUT2D eigenvalue weighted by Gasteiger charge is -1.88. The highest BCUT2D eigenvalue weighted by atomic mass is 32.1. The largest absolute Gasteiger partial charge is 0.397 e. The van der Waals surface area contributed by atoms with Gasteiger partial charge in [-0.25, -0.2) is 0 Å². The van der Waals surface area contributed by atoms with E-state index in [-0.39, 0.29) is 5.78 Å². The molecule has 0 amide bonds. The van der Waals surface area contributed by atoms with Crippen molar-refractivity contribution in [2.75, 3.05) is 5.73 Å². The first-order chi connectivity index (χ1) is 5.65. The van der Waals surface area contributed by atoms with Crippen LogP contribution in [0, 0.1) is 0 Å². The van der Waals surface area contributed by atoms with Crippen molar-refractivity contribution in [1.82, 2.24) is 0 Å². The summed E-state index contributed by atoms with van der Waals surface area (Å²) in [4.78, 5) is 12.9. The second-order valence-corrected chi connectivity index (χ2v) is 3.94. The minimum atomic E-state index is 0.0693. The summed E-state index contributed by atoms with van der Waals surface area (Å²) >= 11 is 1.52. The number of Topliss-reactive ketones (excluding diaryl/α,β-unsaturated/α-hetero) is 1. The lowest BCUT2D eigenvalue weighted by molar-refractivity contribution is 0.102. The summed E-state index contributed by atoms with van der Waals surface area (Å²) in [5.41, 5.74) is 6.30. The summed E-state index contributed by atoms with van der Waals surface area (Å²) in [6.45, 7) is 3.67. The summed E-state index contributed by atoms with van der Waals surface area (Å²) in [5.74, 6) is 0.0693. The van der Waals surface area contributed by atoms with E-state index in [1.165, 1.54) is 16.2 Å². The Balaban J connectivity index is 2.92. The molecule has 0 aliphatic heterocycles. The number of thiophene rings is 1. The molecule has 1 rings (SSSR count). The lowest BCUT2D eigenvalue weighted by Crippen LogP contribution is -1.92. The van der Waals surface area contributed by atoms with Crippen molar-refractivity contribution < 1.29 is 4.79 Å². The number of carbonyl (C=O) groups excluding carboxylic acids is 1. The number of rotatable bonds is 3. The molecule has 2 nitrogen and oxygen atoms in total. The van der Waals surface area contributed by atoms with Gasteiger partial charge in [0.15, 0.2) is 5.78 Å². The molecule has 0 bridgehead atoms. The number of anilines is 1. The van der Waals surface area contributed by atoms with Gasteiger partial charge < -0.3 is 5.73 Å². The molecule has 0 aliphatic rings. The smallest absolute Gasteiger partial charge is 0.171 e. The molecule has 0 aliphatic carbocycles. The molecule has 0 atom stereocenters. The van der Waals surface area contributed by atoms with E-state index >= 15 is 0 Å². The Bertz CT molecular complexity index is 291. The predicted octanol–water partition coefficient (Wildman–Crippen LogP) is 2.49. The van der Waals surface area contributed by atoms with Gasteiger partial charge in [0.25, 0.3) is 0 Å². The van der Waals surface area contributed by atoms with Crippen molar-refractivity contribution in [2.24, 2.45) is 0 Å². The molecule has 0 saturated heterocycles. The fraction of sp³-hybridized carbons (Fsp3) is 0.444. The van der Waals surface area contributed by atoms with E-state index in [1.54, 1.807) is 6.92 Å². The molecule has 3 heteroatoms. The summed E-state index contributed by atoms with van der Waals surface area (Å²) in [5, 5.41) is 0. The molecule has 0 radical (unpaired) electrons. The number of carbonyl (C=O) groups is 1. The molecular formula is C9H13NOS. The average molecular weight is 183 g/mol. The van der Waals surface area contributed by atoms with Gasteiger partial charge in [-0.05, 0) is 12.5 Å². The van der Waals surface area contributed by atoms with Gasteiger partial charge in [-0.15, -0.1) is 11.3 Å². The van der Waals surface area contributed by atoms with Crippen molar-refractivity contribution in [1.29, 1.82) is 0 Å². The molecule has 0 saturated carbocycles. The van der Waals surface area contributed by atoms with Crippen LogP contribution in [0.4, 0.5) is 5.69 Å².